The summed E-state index contributed by atoms with van der Waals surface area (Å²) in [6.45, 7) is 0.420. The molecule has 0 aliphatic carbocycles. The summed E-state index contributed by atoms with van der Waals surface area (Å²) in [5.41, 5.74) is 2.30. The third-order valence-corrected chi connectivity index (χ3v) is 6.76. The molecule has 1 amide bonds. The van der Waals surface area contributed by atoms with Crippen LogP contribution < -0.4 is 14.9 Å². The second-order valence-electron chi connectivity index (χ2n) is 6.77. The van der Waals surface area contributed by atoms with E-state index in [2.05, 4.69) is 10.6 Å². The van der Waals surface area contributed by atoms with Gasteiger partial charge in [-0.15, -0.1) is 0 Å². The zero-order valence-electron chi connectivity index (χ0n) is 16.3. The predicted octanol–water partition coefficient (Wildman–Crippen LogP) is 3.56. The van der Waals surface area contributed by atoms with E-state index in [1.807, 2.05) is 24.3 Å². The maximum Gasteiger partial charge on any atom is 0.264 e. The van der Waals surface area contributed by atoms with Gasteiger partial charge in [0, 0.05) is 18.3 Å². The van der Waals surface area contributed by atoms with Crippen molar-refractivity contribution in [3.05, 3.63) is 84.3 Å². The van der Waals surface area contributed by atoms with E-state index in [1.165, 1.54) is 34.9 Å². The van der Waals surface area contributed by atoms with Crippen molar-refractivity contribution in [2.45, 2.75) is 11.3 Å². The fourth-order valence-corrected chi connectivity index (χ4v) is 4.98. The molecule has 2 N–H and O–H groups in total. The molecule has 1 aromatic heterocycles. The van der Waals surface area contributed by atoms with Gasteiger partial charge in [-0.05, 0) is 72.7 Å². The quantitative estimate of drug-likeness (QED) is 0.453. The number of hydrogen-bond donors (Lipinski definition) is 2. The summed E-state index contributed by atoms with van der Waals surface area (Å²) in [6, 6.07) is 17.2. The highest BCUT2D eigenvalue weighted by Gasteiger charge is 2.30. The van der Waals surface area contributed by atoms with Crippen molar-refractivity contribution in [1.29, 1.82) is 0 Å². The van der Waals surface area contributed by atoms with Crippen molar-refractivity contribution in [2.24, 2.45) is 0 Å². The number of furan rings is 1. The second kappa shape index (κ2) is 8.75. The molecular weight excluding hydrogens is 434 g/mol. The Balaban J connectivity index is 1.39. The van der Waals surface area contributed by atoms with Gasteiger partial charge in [-0.3, -0.25) is 14.4 Å². The van der Waals surface area contributed by atoms with Crippen molar-refractivity contribution < 1.29 is 17.6 Å². The van der Waals surface area contributed by atoms with Crippen LogP contribution in [0.5, 0.6) is 0 Å². The Morgan fingerprint density at radius 3 is 2.58 bits per heavy atom. The van der Waals surface area contributed by atoms with Gasteiger partial charge >= 0.3 is 0 Å². The van der Waals surface area contributed by atoms with Crippen LogP contribution in [0.2, 0.25) is 0 Å². The van der Waals surface area contributed by atoms with Crippen LogP contribution in [0.3, 0.4) is 0 Å². The molecular formula is C22H19N3O4S2. The molecule has 0 saturated carbocycles. The van der Waals surface area contributed by atoms with E-state index in [4.69, 9.17) is 16.6 Å². The summed E-state index contributed by atoms with van der Waals surface area (Å²) in [6.07, 6.45) is 5.03. The van der Waals surface area contributed by atoms with Crippen LogP contribution >= 0.6 is 12.2 Å². The minimum absolute atomic E-state index is 0.0955. The molecule has 0 saturated heterocycles. The predicted molar refractivity (Wildman–Crippen MR) is 123 cm³/mol. The summed E-state index contributed by atoms with van der Waals surface area (Å²) in [7, 11) is -3.66. The first-order chi connectivity index (χ1) is 14.9. The number of nitrogens with zero attached hydrogens (tertiary/aromatic N) is 1. The van der Waals surface area contributed by atoms with Gasteiger partial charge in [-0.1, -0.05) is 18.2 Å². The molecule has 158 valence electrons. The number of para-hydroxylation sites is 1. The second-order valence-corrected chi connectivity index (χ2v) is 9.04. The van der Waals surface area contributed by atoms with Gasteiger partial charge in [0.15, 0.2) is 5.11 Å². The molecule has 0 atom stereocenters. The van der Waals surface area contributed by atoms with Gasteiger partial charge < -0.3 is 9.73 Å². The van der Waals surface area contributed by atoms with Gasteiger partial charge in [0.05, 0.1) is 16.8 Å². The van der Waals surface area contributed by atoms with E-state index in [1.54, 1.807) is 24.3 Å². The number of carbonyl (C=O) groups is 1. The van der Waals surface area contributed by atoms with Crippen LogP contribution in [0.1, 0.15) is 11.3 Å². The zero-order chi connectivity index (χ0) is 21.8. The summed E-state index contributed by atoms with van der Waals surface area (Å²) in [5.74, 6) is 0.132. The number of amides is 1. The lowest BCUT2D eigenvalue weighted by molar-refractivity contribution is -0.115. The standard InChI is InChI=1S/C22H19N3O4S2/c26-21(12-9-18-5-3-15-29-18)24-22(30)23-17-7-10-19(11-8-17)31(27,28)25-14-13-16-4-1-2-6-20(16)25/h1-12,15H,13-14H2,(H2,23,24,26,30)/b12-9+. The molecule has 31 heavy (non-hydrogen) atoms. The van der Waals surface area contributed by atoms with Gasteiger partial charge in [0.25, 0.3) is 10.0 Å². The highest BCUT2D eigenvalue weighted by Crippen LogP contribution is 2.32. The van der Waals surface area contributed by atoms with Crippen LogP contribution in [0.4, 0.5) is 11.4 Å². The molecule has 1 aliphatic rings. The van der Waals surface area contributed by atoms with Gasteiger partial charge in [0.1, 0.15) is 5.76 Å². The Morgan fingerprint density at radius 1 is 1.06 bits per heavy atom. The topological polar surface area (TPSA) is 91.6 Å². The molecule has 7 nitrogen and oxygen atoms in total. The lowest BCUT2D eigenvalue weighted by Gasteiger charge is -2.19. The monoisotopic (exact) mass is 453 g/mol. The summed E-state index contributed by atoms with van der Waals surface area (Å²) in [5, 5.41) is 5.48. The zero-order valence-corrected chi connectivity index (χ0v) is 17.9. The average molecular weight is 454 g/mol. The first-order valence-electron chi connectivity index (χ1n) is 9.48. The Labute approximate surface area is 185 Å². The number of rotatable bonds is 5. The smallest absolute Gasteiger partial charge is 0.264 e. The lowest BCUT2D eigenvalue weighted by atomic mass is 10.2. The van der Waals surface area contributed by atoms with Crippen LogP contribution in [0, 0.1) is 0 Å². The van der Waals surface area contributed by atoms with Gasteiger partial charge in [-0.25, -0.2) is 8.42 Å². The minimum Gasteiger partial charge on any atom is -0.465 e. The molecule has 1 aliphatic heterocycles. The van der Waals surface area contributed by atoms with Crippen molar-refractivity contribution >= 4 is 50.7 Å². The van der Waals surface area contributed by atoms with E-state index < -0.39 is 15.9 Å². The maximum atomic E-state index is 13.1. The van der Waals surface area contributed by atoms with E-state index in [9.17, 15) is 13.2 Å². The fourth-order valence-electron chi connectivity index (χ4n) is 3.25. The van der Waals surface area contributed by atoms with Crippen molar-refractivity contribution in [1.82, 2.24) is 5.32 Å². The maximum absolute atomic E-state index is 13.1. The number of anilines is 2. The SMILES string of the molecule is O=C(/C=C/c1ccco1)NC(=S)Nc1ccc(S(=O)(=O)N2CCc3ccccc32)cc1. The van der Waals surface area contributed by atoms with Gasteiger partial charge in [-0.2, -0.15) is 0 Å². The highest BCUT2D eigenvalue weighted by molar-refractivity contribution is 7.92. The molecule has 2 aromatic carbocycles. The normalized spacial score (nSPS) is 13.2. The number of thiocarbonyl (C=S) groups is 1. The molecule has 0 unspecified atom stereocenters. The van der Waals surface area contributed by atoms with Crippen LogP contribution in [0.25, 0.3) is 6.08 Å². The Morgan fingerprint density at radius 2 is 1.84 bits per heavy atom. The number of fused-ring (bicyclic) bond motifs is 1. The molecule has 3 aromatic rings. The van der Waals surface area contributed by atoms with E-state index in [0.717, 1.165) is 11.3 Å². The third-order valence-electron chi connectivity index (χ3n) is 4.72. The number of hydrogen-bond acceptors (Lipinski definition) is 5. The van der Waals surface area contributed by atoms with E-state index in [0.29, 0.717) is 24.4 Å². The number of sulfonamides is 1. The average Bonchev–Trinajstić information content (AvgIpc) is 3.42. The molecule has 2 heterocycles. The molecule has 0 spiro atoms. The van der Waals surface area contributed by atoms with Crippen molar-refractivity contribution in [3.8, 4) is 0 Å². The summed E-state index contributed by atoms with van der Waals surface area (Å²) >= 11 is 5.14. The first-order valence-corrected chi connectivity index (χ1v) is 11.3. The van der Waals surface area contributed by atoms with Gasteiger partial charge in [0.2, 0.25) is 5.91 Å². The number of benzene rings is 2. The lowest BCUT2D eigenvalue weighted by Crippen LogP contribution is -2.32. The molecule has 0 radical (unpaired) electrons. The largest absolute Gasteiger partial charge is 0.465 e. The van der Waals surface area contributed by atoms with Crippen LogP contribution in [-0.2, 0) is 21.2 Å². The summed E-state index contributed by atoms with van der Waals surface area (Å²) < 4.78 is 32.6. The number of nitrogens with one attached hydrogen (secondary N) is 2. The first kappa shape index (κ1) is 20.8. The highest BCUT2D eigenvalue weighted by atomic mass is 32.2. The van der Waals surface area contributed by atoms with Crippen LogP contribution in [0.15, 0.2) is 82.3 Å². The van der Waals surface area contributed by atoms with E-state index >= 15 is 0 Å². The third kappa shape index (κ3) is 4.68. The minimum atomic E-state index is -3.66. The molecule has 4 rings (SSSR count). The Hall–Kier alpha value is -3.43. The molecule has 9 heteroatoms. The fraction of sp³-hybridized carbons (Fsp3) is 0.0909. The van der Waals surface area contributed by atoms with E-state index in [-0.39, 0.29) is 10.0 Å². The molecule has 0 fully saturated rings. The van der Waals surface area contributed by atoms with Crippen molar-refractivity contribution in [2.75, 3.05) is 16.2 Å². The van der Waals surface area contributed by atoms with Crippen molar-refractivity contribution in [3.63, 3.8) is 0 Å². The summed E-state index contributed by atoms with van der Waals surface area (Å²) in [4.78, 5) is 12.1. The van der Waals surface area contributed by atoms with Crippen LogP contribution in [-0.4, -0.2) is 26.0 Å². The Kier molecular flexibility index (Phi) is 5.88. The number of carbonyl (C=O) groups excluding carboxylic acids is 1. The Bertz CT molecular complexity index is 1230. The molecule has 0 bridgehead atoms.